The van der Waals surface area contributed by atoms with Crippen molar-refractivity contribution in [2.24, 2.45) is 0 Å². The molecule has 5 nitrogen and oxygen atoms in total. The zero-order valence-electron chi connectivity index (χ0n) is 15.2. The van der Waals surface area contributed by atoms with Crippen molar-refractivity contribution in [3.8, 4) is 5.75 Å². The van der Waals surface area contributed by atoms with Gasteiger partial charge in [-0.25, -0.2) is 0 Å². The lowest BCUT2D eigenvalue weighted by molar-refractivity contribution is -0.127. The van der Waals surface area contributed by atoms with Gasteiger partial charge in [-0.1, -0.05) is 30.3 Å². The minimum Gasteiger partial charge on any atom is -0.497 e. The third-order valence-corrected chi connectivity index (χ3v) is 4.70. The summed E-state index contributed by atoms with van der Waals surface area (Å²) in [4.78, 5) is 26.7. The van der Waals surface area contributed by atoms with E-state index in [0.29, 0.717) is 19.4 Å². The highest BCUT2D eigenvalue weighted by Crippen LogP contribution is 2.27. The lowest BCUT2D eigenvalue weighted by atomic mass is 10.1. The van der Waals surface area contributed by atoms with Gasteiger partial charge < -0.3 is 15.0 Å². The van der Waals surface area contributed by atoms with Crippen LogP contribution in [-0.2, 0) is 22.4 Å². The molecule has 2 aromatic carbocycles. The van der Waals surface area contributed by atoms with Gasteiger partial charge in [0.1, 0.15) is 11.8 Å². The maximum Gasteiger partial charge on any atom is 0.249 e. The highest BCUT2D eigenvalue weighted by Gasteiger charge is 2.28. The molecule has 2 aromatic rings. The van der Waals surface area contributed by atoms with Gasteiger partial charge in [0.25, 0.3) is 0 Å². The molecule has 0 radical (unpaired) electrons. The summed E-state index contributed by atoms with van der Waals surface area (Å²) in [5, 5.41) is 2.83. The minimum atomic E-state index is -0.537. The van der Waals surface area contributed by atoms with Crippen LogP contribution in [0.4, 0.5) is 5.69 Å². The Balaban J connectivity index is 1.51. The molecule has 1 aliphatic heterocycles. The van der Waals surface area contributed by atoms with Crippen LogP contribution in [0, 0.1) is 0 Å². The molecule has 0 spiro atoms. The van der Waals surface area contributed by atoms with E-state index in [2.05, 4.69) is 5.32 Å². The molecule has 0 saturated heterocycles. The highest BCUT2D eigenvalue weighted by atomic mass is 16.5. The maximum absolute atomic E-state index is 12.7. The molecule has 3 rings (SSSR count). The van der Waals surface area contributed by atoms with Crippen LogP contribution in [0.3, 0.4) is 0 Å². The molecular formula is C21H24N2O3. The van der Waals surface area contributed by atoms with Crippen LogP contribution in [0.15, 0.2) is 48.5 Å². The molecule has 0 saturated carbocycles. The molecule has 1 heterocycles. The number of nitrogens with zero attached hydrogens (tertiary/aromatic N) is 1. The normalized spacial score (nSPS) is 13.8. The Morgan fingerprint density at radius 3 is 2.62 bits per heavy atom. The van der Waals surface area contributed by atoms with Gasteiger partial charge in [0.2, 0.25) is 11.8 Å². The number of nitrogens with one attached hydrogen (secondary N) is 1. The summed E-state index contributed by atoms with van der Waals surface area (Å²) in [6, 6.07) is 15.0. The fourth-order valence-electron chi connectivity index (χ4n) is 3.23. The largest absolute Gasteiger partial charge is 0.497 e. The summed E-state index contributed by atoms with van der Waals surface area (Å²) in [5.41, 5.74) is 3.20. The number of anilines is 1. The number of benzene rings is 2. The van der Waals surface area contributed by atoms with Crippen molar-refractivity contribution < 1.29 is 14.3 Å². The lowest BCUT2D eigenvalue weighted by Gasteiger charge is -2.22. The summed E-state index contributed by atoms with van der Waals surface area (Å²) in [7, 11) is 1.62. The molecule has 0 aliphatic carbocycles. The molecule has 1 aliphatic rings. The first-order valence-electron chi connectivity index (χ1n) is 8.90. The van der Waals surface area contributed by atoms with Gasteiger partial charge in [0.15, 0.2) is 0 Å². The monoisotopic (exact) mass is 352 g/mol. The van der Waals surface area contributed by atoms with Crippen molar-refractivity contribution in [2.45, 2.75) is 32.2 Å². The van der Waals surface area contributed by atoms with Crippen molar-refractivity contribution in [3.05, 3.63) is 59.7 Å². The van der Waals surface area contributed by atoms with Gasteiger partial charge >= 0.3 is 0 Å². The van der Waals surface area contributed by atoms with Crippen LogP contribution in [0.1, 0.15) is 24.5 Å². The predicted octanol–water partition coefficient (Wildman–Crippen LogP) is 2.72. The lowest BCUT2D eigenvalue weighted by Crippen LogP contribution is -2.46. The third-order valence-electron chi connectivity index (χ3n) is 4.70. The predicted molar refractivity (Wildman–Crippen MR) is 101 cm³/mol. The molecule has 0 fully saturated rings. The zero-order valence-corrected chi connectivity index (χ0v) is 15.2. The fraction of sp³-hybridized carbons (Fsp3) is 0.333. The smallest absolute Gasteiger partial charge is 0.249 e. The van der Waals surface area contributed by atoms with Crippen LogP contribution >= 0.6 is 0 Å². The quantitative estimate of drug-likeness (QED) is 0.870. The SMILES string of the molecule is COc1ccc(CCC(=O)N[C@@H](C)C(=O)N2CCc3ccccc32)cc1. The summed E-state index contributed by atoms with van der Waals surface area (Å²) >= 11 is 0. The Kier molecular flexibility index (Phi) is 5.56. The first kappa shape index (κ1) is 18.0. The fourth-order valence-corrected chi connectivity index (χ4v) is 3.23. The second kappa shape index (κ2) is 8.04. The number of ether oxygens (including phenoxy) is 1. The molecule has 26 heavy (non-hydrogen) atoms. The summed E-state index contributed by atoms with van der Waals surface area (Å²) in [6.07, 6.45) is 1.84. The average Bonchev–Trinajstić information content (AvgIpc) is 3.10. The van der Waals surface area contributed by atoms with Gasteiger partial charge in [-0.2, -0.15) is 0 Å². The molecular weight excluding hydrogens is 328 g/mol. The van der Waals surface area contributed by atoms with E-state index in [4.69, 9.17) is 4.74 Å². The van der Waals surface area contributed by atoms with E-state index in [1.165, 1.54) is 5.56 Å². The first-order chi connectivity index (χ1) is 12.6. The molecule has 5 heteroatoms. The maximum atomic E-state index is 12.7. The molecule has 1 N–H and O–H groups in total. The number of para-hydroxylation sites is 1. The first-order valence-corrected chi connectivity index (χ1v) is 8.90. The third kappa shape index (κ3) is 4.04. The Labute approximate surface area is 154 Å². The molecule has 0 unspecified atom stereocenters. The Bertz CT molecular complexity index is 786. The van der Waals surface area contributed by atoms with Crippen molar-refractivity contribution in [1.82, 2.24) is 5.32 Å². The van der Waals surface area contributed by atoms with E-state index >= 15 is 0 Å². The standard InChI is InChI=1S/C21H24N2O3/c1-15(21(25)23-14-13-17-5-3-4-6-19(17)23)22-20(24)12-9-16-7-10-18(26-2)11-8-16/h3-8,10-11,15H,9,12-14H2,1-2H3,(H,22,24)/t15-/m0/s1. The number of rotatable bonds is 6. The molecule has 1 atom stereocenters. The number of hydrogen-bond acceptors (Lipinski definition) is 3. The van der Waals surface area contributed by atoms with Crippen molar-refractivity contribution in [1.29, 1.82) is 0 Å². The van der Waals surface area contributed by atoms with Gasteiger partial charge in [-0.15, -0.1) is 0 Å². The number of amides is 2. The summed E-state index contributed by atoms with van der Waals surface area (Å²) in [5.74, 6) is 0.616. The topological polar surface area (TPSA) is 58.6 Å². The molecule has 2 amide bonds. The van der Waals surface area contributed by atoms with Crippen molar-refractivity contribution >= 4 is 17.5 Å². The van der Waals surface area contributed by atoms with Crippen LogP contribution in [-0.4, -0.2) is 31.5 Å². The van der Waals surface area contributed by atoms with E-state index in [1.807, 2.05) is 48.5 Å². The minimum absolute atomic E-state index is 0.0623. The van der Waals surface area contributed by atoms with Crippen molar-refractivity contribution in [2.75, 3.05) is 18.6 Å². The number of fused-ring (bicyclic) bond motifs is 1. The molecule has 0 aromatic heterocycles. The molecule has 136 valence electrons. The van der Waals surface area contributed by atoms with E-state index in [9.17, 15) is 9.59 Å². The second-order valence-electron chi connectivity index (χ2n) is 6.51. The van der Waals surface area contributed by atoms with Crippen LogP contribution < -0.4 is 15.0 Å². The van der Waals surface area contributed by atoms with E-state index in [-0.39, 0.29) is 11.8 Å². The highest BCUT2D eigenvalue weighted by molar-refractivity contribution is 6.00. The summed E-state index contributed by atoms with van der Waals surface area (Å²) < 4.78 is 5.13. The zero-order chi connectivity index (χ0) is 18.5. The number of carbonyl (C=O) groups excluding carboxylic acids is 2. The van der Waals surface area contributed by atoms with Gasteiger partial charge in [-0.3, -0.25) is 9.59 Å². The Morgan fingerprint density at radius 2 is 1.88 bits per heavy atom. The van der Waals surface area contributed by atoms with Gasteiger partial charge in [0.05, 0.1) is 7.11 Å². The Hall–Kier alpha value is -2.82. The van der Waals surface area contributed by atoms with Crippen LogP contribution in [0.2, 0.25) is 0 Å². The molecule has 0 bridgehead atoms. The van der Waals surface area contributed by atoms with Crippen molar-refractivity contribution in [3.63, 3.8) is 0 Å². The van der Waals surface area contributed by atoms with E-state index in [0.717, 1.165) is 23.4 Å². The van der Waals surface area contributed by atoms with E-state index in [1.54, 1.807) is 18.9 Å². The summed E-state index contributed by atoms with van der Waals surface area (Å²) in [6.45, 7) is 2.42. The number of carbonyl (C=O) groups is 2. The van der Waals surface area contributed by atoms with E-state index < -0.39 is 6.04 Å². The number of aryl methyl sites for hydroxylation is 1. The van der Waals surface area contributed by atoms with Gasteiger partial charge in [0, 0.05) is 18.7 Å². The number of hydrogen-bond donors (Lipinski definition) is 1. The second-order valence-corrected chi connectivity index (χ2v) is 6.51. The van der Waals surface area contributed by atoms with Crippen LogP contribution in [0.5, 0.6) is 5.75 Å². The van der Waals surface area contributed by atoms with Gasteiger partial charge in [-0.05, 0) is 49.1 Å². The number of methoxy groups -OCH3 is 1. The van der Waals surface area contributed by atoms with Crippen LogP contribution in [0.25, 0.3) is 0 Å². The Morgan fingerprint density at radius 1 is 1.15 bits per heavy atom. The average molecular weight is 352 g/mol.